The zero-order valence-corrected chi connectivity index (χ0v) is 10.8. The van der Waals surface area contributed by atoms with Crippen molar-refractivity contribution in [2.45, 2.75) is 0 Å². The van der Waals surface area contributed by atoms with E-state index in [2.05, 4.69) is 10.3 Å². The van der Waals surface area contributed by atoms with Crippen molar-refractivity contribution in [3.8, 4) is 0 Å². The Morgan fingerprint density at radius 3 is 2.94 bits per heavy atom. The first-order valence-corrected chi connectivity index (χ1v) is 6.12. The van der Waals surface area contributed by atoms with Gasteiger partial charge in [-0.1, -0.05) is 0 Å². The fraction of sp³-hybridized carbons (Fsp3) is 0.600. The molecule has 0 atom stereocenters. The largest absolute Gasteiger partial charge is 0.476 e. The molecular weight excluding hydrogens is 242 g/mol. The number of carboxylic acid groups (broad SMARTS) is 1. The summed E-state index contributed by atoms with van der Waals surface area (Å²) in [5.41, 5.74) is 0.0750. The highest BCUT2D eigenvalue weighted by Gasteiger charge is 2.07. The van der Waals surface area contributed by atoms with Gasteiger partial charge >= 0.3 is 5.97 Å². The third kappa shape index (κ3) is 5.62. The van der Waals surface area contributed by atoms with Gasteiger partial charge in [0.15, 0.2) is 10.8 Å². The summed E-state index contributed by atoms with van der Waals surface area (Å²) < 4.78 is 5.38. The number of aromatic nitrogens is 1. The number of aromatic carboxylic acids is 1. The molecule has 0 aliphatic carbocycles. The molecule has 0 radical (unpaired) electrons. The summed E-state index contributed by atoms with van der Waals surface area (Å²) in [6, 6.07) is 0. The highest BCUT2D eigenvalue weighted by atomic mass is 32.1. The van der Waals surface area contributed by atoms with Crippen LogP contribution in [0.15, 0.2) is 5.38 Å². The molecule has 96 valence electrons. The van der Waals surface area contributed by atoms with E-state index in [9.17, 15) is 4.79 Å². The number of rotatable bonds is 8. The average Bonchev–Trinajstić information content (AvgIpc) is 2.71. The fourth-order valence-electron chi connectivity index (χ4n) is 1.03. The first-order valence-electron chi connectivity index (χ1n) is 5.25. The normalized spacial score (nSPS) is 10.8. The molecule has 17 heavy (non-hydrogen) atoms. The van der Waals surface area contributed by atoms with Crippen LogP contribution in [0.2, 0.25) is 0 Å². The summed E-state index contributed by atoms with van der Waals surface area (Å²) in [7, 11) is 3.98. The number of carboxylic acids is 1. The van der Waals surface area contributed by atoms with Crippen LogP contribution < -0.4 is 5.32 Å². The number of ether oxygens (including phenoxy) is 1. The Balaban J connectivity index is 2.11. The van der Waals surface area contributed by atoms with Crippen molar-refractivity contribution in [2.24, 2.45) is 0 Å². The second-order valence-electron chi connectivity index (χ2n) is 3.69. The number of likely N-dealkylation sites (N-methyl/N-ethyl adjacent to an activating group) is 1. The van der Waals surface area contributed by atoms with Crippen LogP contribution >= 0.6 is 11.3 Å². The molecule has 0 unspecified atom stereocenters. The summed E-state index contributed by atoms with van der Waals surface area (Å²) in [5.74, 6) is -1.00. The molecule has 1 aromatic heterocycles. The van der Waals surface area contributed by atoms with Crippen molar-refractivity contribution in [3.05, 3.63) is 11.1 Å². The molecule has 0 spiro atoms. The lowest BCUT2D eigenvalue weighted by molar-refractivity contribution is 0.0691. The summed E-state index contributed by atoms with van der Waals surface area (Å²) in [4.78, 5) is 16.5. The van der Waals surface area contributed by atoms with Gasteiger partial charge in [0.05, 0.1) is 13.2 Å². The molecule has 0 saturated carbocycles. The van der Waals surface area contributed by atoms with E-state index in [4.69, 9.17) is 9.84 Å². The van der Waals surface area contributed by atoms with Gasteiger partial charge in [-0.2, -0.15) is 0 Å². The second kappa shape index (κ2) is 7.21. The van der Waals surface area contributed by atoms with E-state index in [-0.39, 0.29) is 5.69 Å². The highest BCUT2D eigenvalue weighted by Crippen LogP contribution is 2.14. The summed E-state index contributed by atoms with van der Waals surface area (Å²) in [6.45, 7) is 2.78. The molecule has 0 bridgehead atoms. The maximum absolute atomic E-state index is 10.6. The lowest BCUT2D eigenvalue weighted by Crippen LogP contribution is -2.20. The van der Waals surface area contributed by atoms with Gasteiger partial charge in [0.25, 0.3) is 0 Å². The Kier molecular flexibility index (Phi) is 5.88. The molecule has 0 amide bonds. The molecular formula is C10H17N3O3S. The van der Waals surface area contributed by atoms with E-state index < -0.39 is 5.97 Å². The van der Waals surface area contributed by atoms with Crippen LogP contribution in [0.3, 0.4) is 0 Å². The average molecular weight is 259 g/mol. The number of hydrogen-bond acceptors (Lipinski definition) is 6. The van der Waals surface area contributed by atoms with Gasteiger partial charge in [0.1, 0.15) is 0 Å². The van der Waals surface area contributed by atoms with E-state index in [0.717, 1.165) is 6.54 Å². The molecule has 0 aromatic carbocycles. The number of anilines is 1. The van der Waals surface area contributed by atoms with Gasteiger partial charge in [-0.15, -0.1) is 11.3 Å². The molecule has 2 N–H and O–H groups in total. The second-order valence-corrected chi connectivity index (χ2v) is 4.54. The van der Waals surface area contributed by atoms with Crippen LogP contribution in [-0.2, 0) is 4.74 Å². The number of hydrogen-bond donors (Lipinski definition) is 2. The van der Waals surface area contributed by atoms with Crippen molar-refractivity contribution >= 4 is 22.4 Å². The Morgan fingerprint density at radius 2 is 2.35 bits per heavy atom. The molecule has 0 aliphatic rings. The van der Waals surface area contributed by atoms with E-state index in [1.54, 1.807) is 0 Å². The monoisotopic (exact) mass is 259 g/mol. The van der Waals surface area contributed by atoms with Gasteiger partial charge in [0, 0.05) is 18.5 Å². The Morgan fingerprint density at radius 1 is 1.59 bits per heavy atom. The van der Waals surface area contributed by atoms with Crippen molar-refractivity contribution < 1.29 is 14.6 Å². The van der Waals surface area contributed by atoms with Crippen molar-refractivity contribution in [1.82, 2.24) is 9.88 Å². The van der Waals surface area contributed by atoms with Crippen LogP contribution in [0, 0.1) is 0 Å². The minimum atomic E-state index is -1.00. The van der Waals surface area contributed by atoms with E-state index in [1.165, 1.54) is 16.7 Å². The topological polar surface area (TPSA) is 74.7 Å². The molecule has 1 aromatic rings. The zero-order valence-electron chi connectivity index (χ0n) is 9.97. The molecule has 1 rings (SSSR count). The Hall–Kier alpha value is -1.18. The SMILES string of the molecule is CN(C)CCOCCNc1nc(C(=O)O)cs1. The predicted octanol–water partition coefficient (Wildman–Crippen LogP) is 0.831. The van der Waals surface area contributed by atoms with Gasteiger partial charge in [0.2, 0.25) is 0 Å². The third-order valence-corrected chi connectivity index (χ3v) is 2.73. The van der Waals surface area contributed by atoms with E-state index in [0.29, 0.717) is 24.9 Å². The van der Waals surface area contributed by atoms with Crippen molar-refractivity contribution in [1.29, 1.82) is 0 Å². The smallest absolute Gasteiger partial charge is 0.355 e. The van der Waals surface area contributed by atoms with Crippen LogP contribution in [0.25, 0.3) is 0 Å². The quantitative estimate of drug-likeness (QED) is 0.674. The maximum Gasteiger partial charge on any atom is 0.355 e. The van der Waals surface area contributed by atoms with Gasteiger partial charge in [-0.05, 0) is 14.1 Å². The van der Waals surface area contributed by atoms with Crippen LogP contribution in [0.4, 0.5) is 5.13 Å². The third-order valence-electron chi connectivity index (χ3n) is 1.93. The van der Waals surface area contributed by atoms with E-state index in [1.807, 2.05) is 19.0 Å². The number of carbonyl (C=O) groups is 1. The number of nitrogens with one attached hydrogen (secondary N) is 1. The van der Waals surface area contributed by atoms with Crippen LogP contribution in [-0.4, -0.2) is 61.4 Å². The molecule has 7 heteroatoms. The van der Waals surface area contributed by atoms with Crippen LogP contribution in [0.1, 0.15) is 10.5 Å². The summed E-state index contributed by atoms with van der Waals surface area (Å²) in [5, 5.41) is 13.8. The van der Waals surface area contributed by atoms with Crippen LogP contribution in [0.5, 0.6) is 0 Å². The fourth-order valence-corrected chi connectivity index (χ4v) is 1.75. The predicted molar refractivity (Wildman–Crippen MR) is 66.9 cm³/mol. The number of nitrogens with zero attached hydrogens (tertiary/aromatic N) is 2. The molecule has 0 fully saturated rings. The lowest BCUT2D eigenvalue weighted by atomic mass is 10.5. The lowest BCUT2D eigenvalue weighted by Gasteiger charge is -2.09. The van der Waals surface area contributed by atoms with Crippen molar-refractivity contribution in [3.63, 3.8) is 0 Å². The first-order chi connectivity index (χ1) is 8.09. The Labute approximate surface area is 104 Å². The molecule has 0 saturated heterocycles. The minimum absolute atomic E-state index is 0.0750. The van der Waals surface area contributed by atoms with Gasteiger partial charge in [-0.3, -0.25) is 0 Å². The zero-order chi connectivity index (χ0) is 12.7. The Bertz CT molecular complexity index is 354. The molecule has 6 nitrogen and oxygen atoms in total. The number of thiazole rings is 1. The highest BCUT2D eigenvalue weighted by molar-refractivity contribution is 7.13. The minimum Gasteiger partial charge on any atom is -0.476 e. The maximum atomic E-state index is 10.6. The summed E-state index contributed by atoms with van der Waals surface area (Å²) >= 11 is 1.28. The molecule has 1 heterocycles. The van der Waals surface area contributed by atoms with Gasteiger partial charge < -0.3 is 20.1 Å². The van der Waals surface area contributed by atoms with E-state index >= 15 is 0 Å². The summed E-state index contributed by atoms with van der Waals surface area (Å²) in [6.07, 6.45) is 0. The first kappa shape index (κ1) is 13.9. The molecule has 0 aliphatic heterocycles. The van der Waals surface area contributed by atoms with Crippen molar-refractivity contribution in [2.75, 3.05) is 45.7 Å². The standard InChI is InChI=1S/C10H17N3O3S/c1-13(2)4-6-16-5-3-11-10-12-8(7-17-10)9(14)15/h7H,3-6H2,1-2H3,(H,11,12)(H,14,15). The van der Waals surface area contributed by atoms with Gasteiger partial charge in [-0.25, -0.2) is 9.78 Å².